The van der Waals surface area contributed by atoms with Crippen LogP contribution in [0.3, 0.4) is 0 Å². The lowest BCUT2D eigenvalue weighted by atomic mass is 10.1. The summed E-state index contributed by atoms with van der Waals surface area (Å²) in [5.41, 5.74) is 10.2. The predicted molar refractivity (Wildman–Crippen MR) is 36.4 cm³/mol. The van der Waals surface area contributed by atoms with E-state index in [1.807, 2.05) is 0 Å². The van der Waals surface area contributed by atoms with Crippen LogP contribution < -0.4 is 11.5 Å². The Hall–Kier alpha value is -0.570. The number of rotatable bonds is 4. The van der Waals surface area contributed by atoms with Gasteiger partial charge in [0.15, 0.2) is 0 Å². The maximum absolute atomic E-state index is 10.3. The highest BCUT2D eigenvalue weighted by Gasteiger charge is 2.06. The summed E-state index contributed by atoms with van der Waals surface area (Å²) in [5, 5.41) is 0. The van der Waals surface area contributed by atoms with Gasteiger partial charge in [-0.3, -0.25) is 4.79 Å². The van der Waals surface area contributed by atoms with Crippen molar-refractivity contribution in [2.75, 3.05) is 0 Å². The maximum atomic E-state index is 10.3. The number of carbonyl (C=O) groups excluding carboxylic acids is 1. The molecule has 0 spiro atoms. The monoisotopic (exact) mass is 129 g/mol. The van der Waals surface area contributed by atoms with Crippen LogP contribution in [-0.4, -0.2) is 11.9 Å². The minimum atomic E-state index is -0.480. The van der Waals surface area contributed by atoms with Crippen molar-refractivity contribution in [2.45, 2.75) is 25.3 Å². The van der Waals surface area contributed by atoms with Crippen molar-refractivity contribution in [1.29, 1.82) is 0 Å². The molecule has 0 bridgehead atoms. The number of nitrogens with two attached hydrogens (primary N) is 2. The van der Waals surface area contributed by atoms with Crippen LogP contribution in [0.25, 0.3) is 0 Å². The van der Waals surface area contributed by atoms with Crippen LogP contribution in [0.1, 0.15) is 19.3 Å². The number of primary amides is 1. The molecular formula is C6H13N2O. The average molecular weight is 129 g/mol. The molecule has 0 rings (SSSR count). The van der Waals surface area contributed by atoms with Crippen molar-refractivity contribution in [2.24, 2.45) is 11.5 Å². The normalized spacial score (nSPS) is 13.1. The minimum absolute atomic E-state index is 0.427. The van der Waals surface area contributed by atoms with Crippen molar-refractivity contribution in [3.8, 4) is 0 Å². The van der Waals surface area contributed by atoms with Gasteiger partial charge in [0.05, 0.1) is 6.04 Å². The zero-order valence-corrected chi connectivity index (χ0v) is 5.47. The Bertz CT molecular complexity index is 93.1. The Kier molecular flexibility index (Phi) is 4.05. The number of hydrogen-bond donors (Lipinski definition) is 2. The molecule has 0 aromatic rings. The van der Waals surface area contributed by atoms with Crippen molar-refractivity contribution in [3.63, 3.8) is 0 Å². The summed E-state index contributed by atoms with van der Waals surface area (Å²) in [5.74, 6) is -0.427. The fraction of sp³-hybridized carbons (Fsp3) is 0.667. The standard InChI is InChI=1S/C6H13N2O/c1-2-3-4-5(7)6(8)9/h5H,1-4,7H2,(H2,8,9). The molecule has 1 radical (unpaired) electrons. The molecule has 1 atom stereocenters. The second-order valence-corrected chi connectivity index (χ2v) is 2.00. The van der Waals surface area contributed by atoms with E-state index in [0.717, 1.165) is 12.8 Å². The quantitative estimate of drug-likeness (QED) is 0.552. The van der Waals surface area contributed by atoms with Crippen LogP contribution in [0.5, 0.6) is 0 Å². The molecule has 0 aromatic carbocycles. The van der Waals surface area contributed by atoms with E-state index >= 15 is 0 Å². The Morgan fingerprint density at radius 1 is 1.67 bits per heavy atom. The first-order valence-electron chi connectivity index (χ1n) is 3.02. The summed E-state index contributed by atoms with van der Waals surface area (Å²) in [6.07, 6.45) is 2.32. The molecule has 0 heterocycles. The highest BCUT2D eigenvalue weighted by Crippen LogP contribution is 1.95. The molecule has 0 aliphatic rings. The van der Waals surface area contributed by atoms with E-state index in [1.54, 1.807) is 0 Å². The number of unbranched alkanes of at least 4 members (excludes halogenated alkanes) is 1. The summed E-state index contributed by atoms with van der Waals surface area (Å²) >= 11 is 0. The third-order valence-corrected chi connectivity index (χ3v) is 1.13. The molecule has 1 unspecified atom stereocenters. The van der Waals surface area contributed by atoms with E-state index in [2.05, 4.69) is 6.92 Å². The molecule has 53 valence electrons. The van der Waals surface area contributed by atoms with Gasteiger partial charge in [0.2, 0.25) is 5.91 Å². The van der Waals surface area contributed by atoms with Crippen LogP contribution >= 0.6 is 0 Å². The number of hydrogen-bond acceptors (Lipinski definition) is 2. The fourth-order valence-corrected chi connectivity index (χ4v) is 0.507. The van der Waals surface area contributed by atoms with Crippen LogP contribution in [0.4, 0.5) is 0 Å². The van der Waals surface area contributed by atoms with Crippen LogP contribution in [0, 0.1) is 6.92 Å². The van der Waals surface area contributed by atoms with Crippen LogP contribution in [-0.2, 0) is 4.79 Å². The highest BCUT2D eigenvalue weighted by atomic mass is 16.1. The zero-order chi connectivity index (χ0) is 7.28. The first-order valence-corrected chi connectivity index (χ1v) is 3.02. The van der Waals surface area contributed by atoms with Crippen LogP contribution in [0.15, 0.2) is 0 Å². The van der Waals surface area contributed by atoms with Crippen molar-refractivity contribution in [3.05, 3.63) is 6.92 Å². The lowest BCUT2D eigenvalue weighted by Crippen LogP contribution is -2.36. The molecule has 3 nitrogen and oxygen atoms in total. The van der Waals surface area contributed by atoms with E-state index in [1.165, 1.54) is 0 Å². The minimum Gasteiger partial charge on any atom is -0.368 e. The molecule has 0 aliphatic heterocycles. The molecular weight excluding hydrogens is 116 g/mol. The summed E-state index contributed by atoms with van der Waals surface area (Å²) < 4.78 is 0. The van der Waals surface area contributed by atoms with E-state index in [0.29, 0.717) is 6.42 Å². The van der Waals surface area contributed by atoms with Crippen molar-refractivity contribution >= 4 is 5.91 Å². The molecule has 9 heavy (non-hydrogen) atoms. The largest absolute Gasteiger partial charge is 0.368 e. The number of amides is 1. The molecule has 0 aliphatic carbocycles. The highest BCUT2D eigenvalue weighted by molar-refractivity contribution is 5.79. The van der Waals surface area contributed by atoms with Crippen molar-refractivity contribution < 1.29 is 4.79 Å². The fourth-order valence-electron chi connectivity index (χ4n) is 0.507. The molecule has 0 fully saturated rings. The molecule has 3 heteroatoms. The van der Waals surface area contributed by atoms with E-state index < -0.39 is 11.9 Å². The summed E-state index contributed by atoms with van der Waals surface area (Å²) in [6.45, 7) is 3.61. The Morgan fingerprint density at radius 2 is 2.22 bits per heavy atom. The molecule has 0 saturated carbocycles. The van der Waals surface area contributed by atoms with Crippen LogP contribution in [0.2, 0.25) is 0 Å². The van der Waals surface area contributed by atoms with Gasteiger partial charge < -0.3 is 11.5 Å². The van der Waals surface area contributed by atoms with Gasteiger partial charge in [0.25, 0.3) is 0 Å². The second-order valence-electron chi connectivity index (χ2n) is 2.00. The topological polar surface area (TPSA) is 69.1 Å². The molecule has 0 saturated heterocycles. The third kappa shape index (κ3) is 3.97. The van der Waals surface area contributed by atoms with Gasteiger partial charge in [0.1, 0.15) is 0 Å². The Morgan fingerprint density at radius 3 is 2.56 bits per heavy atom. The van der Waals surface area contributed by atoms with E-state index in [-0.39, 0.29) is 0 Å². The molecule has 1 amide bonds. The third-order valence-electron chi connectivity index (χ3n) is 1.13. The van der Waals surface area contributed by atoms with Gasteiger partial charge in [-0.1, -0.05) is 19.8 Å². The lowest BCUT2D eigenvalue weighted by molar-refractivity contribution is -0.119. The van der Waals surface area contributed by atoms with E-state index in [9.17, 15) is 4.79 Å². The first kappa shape index (κ1) is 8.43. The van der Waals surface area contributed by atoms with Gasteiger partial charge in [0, 0.05) is 0 Å². The van der Waals surface area contributed by atoms with Crippen molar-refractivity contribution in [1.82, 2.24) is 0 Å². The summed E-state index contributed by atoms with van der Waals surface area (Å²) in [7, 11) is 0. The Balaban J connectivity index is 3.27. The molecule has 0 aromatic heterocycles. The SMILES string of the molecule is [CH2]CCCC(N)C(N)=O. The summed E-state index contributed by atoms with van der Waals surface area (Å²) in [6, 6.07) is -0.480. The summed E-state index contributed by atoms with van der Waals surface area (Å²) in [4.78, 5) is 10.3. The van der Waals surface area contributed by atoms with Gasteiger partial charge in [-0.2, -0.15) is 0 Å². The average Bonchev–Trinajstić information content (AvgIpc) is 1.82. The second kappa shape index (κ2) is 4.32. The lowest BCUT2D eigenvalue weighted by Gasteiger charge is -2.03. The molecule has 4 N–H and O–H groups in total. The zero-order valence-electron chi connectivity index (χ0n) is 5.47. The Labute approximate surface area is 55.4 Å². The van der Waals surface area contributed by atoms with Gasteiger partial charge in [-0.25, -0.2) is 0 Å². The predicted octanol–water partition coefficient (Wildman–Crippen LogP) is -0.197. The smallest absolute Gasteiger partial charge is 0.234 e. The number of carbonyl (C=O) groups is 1. The first-order chi connectivity index (χ1) is 4.18. The van der Waals surface area contributed by atoms with Gasteiger partial charge in [-0.15, -0.1) is 0 Å². The maximum Gasteiger partial charge on any atom is 0.234 e. The van der Waals surface area contributed by atoms with Gasteiger partial charge in [-0.05, 0) is 6.42 Å². The van der Waals surface area contributed by atoms with Gasteiger partial charge >= 0.3 is 0 Å². The van der Waals surface area contributed by atoms with E-state index in [4.69, 9.17) is 11.5 Å².